The summed E-state index contributed by atoms with van der Waals surface area (Å²) in [7, 11) is -3.82. The fourth-order valence-corrected chi connectivity index (χ4v) is 2.84. The van der Waals surface area contributed by atoms with E-state index in [1.165, 1.54) is 0 Å². The Balaban J connectivity index is 2.21. The summed E-state index contributed by atoms with van der Waals surface area (Å²) >= 11 is 0. The van der Waals surface area contributed by atoms with E-state index in [9.17, 15) is 8.42 Å². The van der Waals surface area contributed by atoms with Crippen molar-refractivity contribution in [1.82, 2.24) is 9.80 Å². The number of piperazine rings is 1. The SMILES string of the molecule is CC(CCCS(=O)(=O)O)N1CCN(CCO)CC1. The lowest BCUT2D eigenvalue weighted by Crippen LogP contribution is -2.50. The predicted molar refractivity (Wildman–Crippen MR) is 70.2 cm³/mol. The summed E-state index contributed by atoms with van der Waals surface area (Å²) in [6, 6.07) is 0.336. The van der Waals surface area contributed by atoms with Gasteiger partial charge in [-0.1, -0.05) is 0 Å². The van der Waals surface area contributed by atoms with Crippen molar-refractivity contribution in [2.24, 2.45) is 0 Å². The molecule has 108 valence electrons. The van der Waals surface area contributed by atoms with Gasteiger partial charge in [-0.2, -0.15) is 8.42 Å². The molecule has 1 heterocycles. The summed E-state index contributed by atoms with van der Waals surface area (Å²) in [6.07, 6.45) is 1.27. The van der Waals surface area contributed by atoms with Gasteiger partial charge >= 0.3 is 0 Å². The topological polar surface area (TPSA) is 81.1 Å². The Kier molecular flexibility index (Phi) is 6.51. The quantitative estimate of drug-likeness (QED) is 0.621. The molecule has 1 fully saturated rings. The van der Waals surface area contributed by atoms with Gasteiger partial charge in [-0.25, -0.2) is 0 Å². The van der Waals surface area contributed by atoms with Crippen LogP contribution in [0, 0.1) is 0 Å². The van der Waals surface area contributed by atoms with Gasteiger partial charge in [-0.3, -0.25) is 14.4 Å². The van der Waals surface area contributed by atoms with Crippen LogP contribution in [0.25, 0.3) is 0 Å². The molecule has 0 spiro atoms. The second kappa shape index (κ2) is 7.40. The predicted octanol–water partition coefficient (Wildman–Crippen LogP) is -0.347. The van der Waals surface area contributed by atoms with E-state index < -0.39 is 10.1 Å². The molecule has 2 N–H and O–H groups in total. The first-order valence-electron chi connectivity index (χ1n) is 6.45. The fraction of sp³-hybridized carbons (Fsp3) is 1.00. The molecular weight excluding hydrogens is 256 g/mol. The second-order valence-electron chi connectivity index (χ2n) is 4.88. The minimum Gasteiger partial charge on any atom is -0.395 e. The van der Waals surface area contributed by atoms with Crippen molar-refractivity contribution in [3.63, 3.8) is 0 Å². The molecular formula is C11H24N2O4S. The standard InChI is InChI=1S/C11H24N2O4S/c1-11(3-2-10-18(15,16)17)13-6-4-12(5-7-13)8-9-14/h11,14H,2-10H2,1H3,(H,15,16,17). The third kappa shape index (κ3) is 6.10. The Morgan fingerprint density at radius 2 is 1.83 bits per heavy atom. The monoisotopic (exact) mass is 280 g/mol. The first kappa shape index (κ1) is 15.8. The molecule has 0 radical (unpaired) electrons. The lowest BCUT2D eigenvalue weighted by molar-refractivity contribution is 0.0859. The molecule has 6 nitrogen and oxygen atoms in total. The molecule has 7 heteroatoms. The molecule has 0 aromatic heterocycles. The molecule has 0 amide bonds. The van der Waals surface area contributed by atoms with Crippen molar-refractivity contribution in [1.29, 1.82) is 0 Å². The molecule has 18 heavy (non-hydrogen) atoms. The number of hydrogen-bond donors (Lipinski definition) is 2. The van der Waals surface area contributed by atoms with Crippen LogP contribution in [0.5, 0.6) is 0 Å². The number of nitrogens with zero attached hydrogens (tertiary/aromatic N) is 2. The molecule has 0 saturated carbocycles. The highest BCUT2D eigenvalue weighted by Gasteiger charge is 2.20. The lowest BCUT2D eigenvalue weighted by Gasteiger charge is -2.37. The zero-order valence-corrected chi connectivity index (χ0v) is 11.8. The Morgan fingerprint density at radius 1 is 1.22 bits per heavy atom. The van der Waals surface area contributed by atoms with Crippen LogP contribution >= 0.6 is 0 Å². The average molecular weight is 280 g/mol. The van der Waals surface area contributed by atoms with Gasteiger partial charge in [0.15, 0.2) is 0 Å². The molecule has 0 aromatic rings. The largest absolute Gasteiger partial charge is 0.395 e. The van der Waals surface area contributed by atoms with Gasteiger partial charge in [0.25, 0.3) is 10.1 Å². The summed E-state index contributed by atoms with van der Waals surface area (Å²) < 4.78 is 29.9. The summed E-state index contributed by atoms with van der Waals surface area (Å²) in [4.78, 5) is 4.55. The van der Waals surface area contributed by atoms with Gasteiger partial charge in [0.1, 0.15) is 0 Å². The average Bonchev–Trinajstić information content (AvgIpc) is 2.28. The van der Waals surface area contributed by atoms with E-state index >= 15 is 0 Å². The lowest BCUT2D eigenvalue weighted by atomic mass is 10.1. The number of aliphatic hydroxyl groups excluding tert-OH is 1. The van der Waals surface area contributed by atoms with E-state index in [4.69, 9.17) is 9.66 Å². The Hall–Kier alpha value is -0.210. The van der Waals surface area contributed by atoms with E-state index in [2.05, 4.69) is 16.7 Å². The van der Waals surface area contributed by atoms with Crippen molar-refractivity contribution in [3.05, 3.63) is 0 Å². The third-order valence-electron chi connectivity index (χ3n) is 3.47. The zero-order valence-electron chi connectivity index (χ0n) is 11.0. The molecule has 1 aliphatic heterocycles. The molecule has 1 atom stereocenters. The maximum Gasteiger partial charge on any atom is 0.264 e. The Bertz CT molecular complexity index is 326. The van der Waals surface area contributed by atoms with Crippen LogP contribution in [0.4, 0.5) is 0 Å². The summed E-state index contributed by atoms with van der Waals surface area (Å²) in [5.41, 5.74) is 0. The van der Waals surface area contributed by atoms with Gasteiger partial charge in [0.05, 0.1) is 12.4 Å². The zero-order chi connectivity index (χ0) is 13.6. The van der Waals surface area contributed by atoms with E-state index in [0.717, 1.165) is 39.1 Å². The van der Waals surface area contributed by atoms with Gasteiger partial charge in [0, 0.05) is 38.8 Å². The second-order valence-corrected chi connectivity index (χ2v) is 6.45. The minimum absolute atomic E-state index is 0.151. The van der Waals surface area contributed by atoms with E-state index in [0.29, 0.717) is 12.5 Å². The third-order valence-corrected chi connectivity index (χ3v) is 4.28. The molecule has 1 rings (SSSR count). The highest BCUT2D eigenvalue weighted by molar-refractivity contribution is 7.85. The maximum atomic E-state index is 10.6. The van der Waals surface area contributed by atoms with Crippen LogP contribution in [0.3, 0.4) is 0 Å². The summed E-state index contributed by atoms with van der Waals surface area (Å²) in [6.45, 7) is 6.81. The molecule has 1 unspecified atom stereocenters. The van der Waals surface area contributed by atoms with Gasteiger partial charge in [-0.05, 0) is 19.8 Å². The maximum absolute atomic E-state index is 10.6. The normalized spacial score (nSPS) is 21.1. The molecule has 1 aliphatic rings. The molecule has 0 bridgehead atoms. The van der Waals surface area contributed by atoms with Crippen LogP contribution < -0.4 is 0 Å². The number of β-amino-alcohol motifs (C(OH)–C–C–N with tert-alkyl or cyclic N) is 1. The number of hydrogen-bond acceptors (Lipinski definition) is 5. The first-order valence-corrected chi connectivity index (χ1v) is 8.05. The number of rotatable bonds is 7. The Labute approximate surface area is 109 Å². The smallest absolute Gasteiger partial charge is 0.264 e. The van der Waals surface area contributed by atoms with Crippen molar-refractivity contribution in [2.75, 3.05) is 45.1 Å². The Morgan fingerprint density at radius 3 is 2.33 bits per heavy atom. The van der Waals surface area contributed by atoms with E-state index in [1.54, 1.807) is 0 Å². The van der Waals surface area contributed by atoms with Crippen LogP contribution in [0.2, 0.25) is 0 Å². The van der Waals surface area contributed by atoms with Crippen LogP contribution in [0.1, 0.15) is 19.8 Å². The molecule has 1 saturated heterocycles. The van der Waals surface area contributed by atoms with Crippen LogP contribution in [-0.2, 0) is 10.1 Å². The van der Waals surface area contributed by atoms with E-state index in [-0.39, 0.29) is 12.4 Å². The molecule has 0 aromatic carbocycles. The van der Waals surface area contributed by atoms with Crippen LogP contribution in [0.15, 0.2) is 0 Å². The summed E-state index contributed by atoms with van der Waals surface area (Å²) in [5, 5.41) is 8.85. The van der Waals surface area contributed by atoms with Crippen molar-refractivity contribution in [2.45, 2.75) is 25.8 Å². The highest BCUT2D eigenvalue weighted by Crippen LogP contribution is 2.11. The van der Waals surface area contributed by atoms with Crippen LogP contribution in [-0.4, -0.2) is 79.0 Å². The molecule has 0 aliphatic carbocycles. The van der Waals surface area contributed by atoms with E-state index in [1.807, 2.05) is 0 Å². The van der Waals surface area contributed by atoms with Crippen molar-refractivity contribution in [3.8, 4) is 0 Å². The van der Waals surface area contributed by atoms with Gasteiger partial charge in [-0.15, -0.1) is 0 Å². The minimum atomic E-state index is -3.82. The highest BCUT2D eigenvalue weighted by atomic mass is 32.2. The van der Waals surface area contributed by atoms with Crippen molar-refractivity contribution >= 4 is 10.1 Å². The first-order chi connectivity index (χ1) is 8.42. The van der Waals surface area contributed by atoms with Gasteiger partial charge in [0.2, 0.25) is 0 Å². The van der Waals surface area contributed by atoms with Gasteiger partial charge < -0.3 is 5.11 Å². The van der Waals surface area contributed by atoms with Crippen molar-refractivity contribution < 1.29 is 18.1 Å². The summed E-state index contributed by atoms with van der Waals surface area (Å²) in [5.74, 6) is -0.151. The fourth-order valence-electron chi connectivity index (χ4n) is 2.31. The number of aliphatic hydroxyl groups is 1.